The number of aliphatic imine (C=N–C) groups is 1. The zero-order valence-electron chi connectivity index (χ0n) is 13.9. The van der Waals surface area contributed by atoms with Crippen LogP contribution in [0.3, 0.4) is 0 Å². The first-order valence-electron chi connectivity index (χ1n) is 8.13. The van der Waals surface area contributed by atoms with Gasteiger partial charge in [0.1, 0.15) is 0 Å². The van der Waals surface area contributed by atoms with Crippen LogP contribution < -0.4 is 9.80 Å². The van der Waals surface area contributed by atoms with Crippen molar-refractivity contribution in [2.24, 2.45) is 4.99 Å². The molecule has 0 N–H and O–H groups in total. The number of rotatable bonds is 4. The van der Waals surface area contributed by atoms with Crippen LogP contribution in [-0.4, -0.2) is 23.1 Å². The first kappa shape index (κ1) is 16.6. The molecule has 1 saturated heterocycles. The van der Waals surface area contributed by atoms with E-state index in [0.29, 0.717) is 5.88 Å². The van der Waals surface area contributed by atoms with E-state index in [1.807, 2.05) is 60.7 Å². The molecule has 24 heavy (non-hydrogen) atoms. The van der Waals surface area contributed by atoms with Crippen LogP contribution in [-0.2, 0) is 0 Å². The number of carbonyl (C=O) groups is 1. The van der Waals surface area contributed by atoms with Crippen LogP contribution in [0.5, 0.6) is 0 Å². The molecule has 3 rings (SSSR count). The van der Waals surface area contributed by atoms with Crippen molar-refractivity contribution in [2.75, 3.05) is 15.7 Å². The van der Waals surface area contributed by atoms with Crippen molar-refractivity contribution < 1.29 is 4.79 Å². The van der Waals surface area contributed by atoms with Crippen LogP contribution in [0, 0.1) is 0 Å². The number of anilines is 2. The third kappa shape index (κ3) is 3.46. The number of para-hydroxylation sites is 2. The first-order chi connectivity index (χ1) is 11.7. The third-order valence-corrected chi connectivity index (χ3v) is 4.87. The Bertz CT molecular complexity index is 718. The molecule has 0 radical (unpaired) electrons. The fraction of sp³-hybridized carbons (Fsp3) is 0.263. The van der Waals surface area contributed by atoms with Crippen molar-refractivity contribution in [3.63, 3.8) is 0 Å². The van der Waals surface area contributed by atoms with E-state index in [9.17, 15) is 4.79 Å². The largest absolute Gasteiger partial charge is 0.335 e. The van der Waals surface area contributed by atoms with E-state index in [-0.39, 0.29) is 12.1 Å². The van der Waals surface area contributed by atoms with Crippen LogP contribution >= 0.6 is 11.8 Å². The second-order valence-electron chi connectivity index (χ2n) is 5.66. The molecule has 0 aromatic heterocycles. The summed E-state index contributed by atoms with van der Waals surface area (Å²) in [6, 6.07) is 19.6. The van der Waals surface area contributed by atoms with Gasteiger partial charge in [-0.2, -0.15) is 0 Å². The molecule has 4 nitrogen and oxygen atoms in total. The molecule has 2 aromatic carbocycles. The Morgan fingerprint density at radius 3 is 2.21 bits per heavy atom. The number of urea groups is 1. The molecule has 124 valence electrons. The Morgan fingerprint density at radius 1 is 1.04 bits per heavy atom. The zero-order valence-corrected chi connectivity index (χ0v) is 14.7. The van der Waals surface area contributed by atoms with Gasteiger partial charge in [-0.3, -0.25) is 9.89 Å². The number of thioether (sulfide) groups is 1. The molecule has 1 atom stereocenters. The number of nitrogens with zero attached hydrogens (tertiary/aromatic N) is 3. The van der Waals surface area contributed by atoms with Gasteiger partial charge < -0.3 is 0 Å². The van der Waals surface area contributed by atoms with E-state index in [1.54, 1.807) is 21.6 Å². The van der Waals surface area contributed by atoms with Crippen LogP contribution in [0.25, 0.3) is 0 Å². The van der Waals surface area contributed by atoms with Gasteiger partial charge in [-0.25, -0.2) is 9.69 Å². The van der Waals surface area contributed by atoms with Gasteiger partial charge >= 0.3 is 6.03 Å². The average molecular weight is 339 g/mol. The fourth-order valence-corrected chi connectivity index (χ4v) is 3.48. The van der Waals surface area contributed by atoms with Crippen molar-refractivity contribution in [1.82, 2.24) is 0 Å². The minimum absolute atomic E-state index is 0.0618. The van der Waals surface area contributed by atoms with E-state index in [4.69, 9.17) is 4.99 Å². The Hall–Kier alpha value is -2.27. The maximum atomic E-state index is 13.2. The lowest BCUT2D eigenvalue weighted by Crippen LogP contribution is -2.50. The Balaban J connectivity index is 1.98. The van der Waals surface area contributed by atoms with Gasteiger partial charge in [-0.15, -0.1) is 0 Å². The predicted octanol–water partition coefficient (Wildman–Crippen LogP) is 4.98. The van der Waals surface area contributed by atoms with Crippen LogP contribution in [0.2, 0.25) is 0 Å². The average Bonchev–Trinajstić information content (AvgIpc) is 2.63. The highest BCUT2D eigenvalue weighted by Crippen LogP contribution is 2.30. The minimum Gasteiger partial charge on any atom is -0.283 e. The summed E-state index contributed by atoms with van der Waals surface area (Å²) in [7, 11) is 0. The lowest BCUT2D eigenvalue weighted by molar-refractivity contribution is 0.255. The molecule has 1 aliphatic rings. The van der Waals surface area contributed by atoms with Gasteiger partial charge in [-0.1, -0.05) is 55.1 Å². The number of amidine groups is 1. The smallest absolute Gasteiger partial charge is 0.283 e. The van der Waals surface area contributed by atoms with Crippen molar-refractivity contribution >= 4 is 34.3 Å². The van der Waals surface area contributed by atoms with E-state index in [1.165, 1.54) is 0 Å². The summed E-state index contributed by atoms with van der Waals surface area (Å²) in [5, 5.41) is 0.771. The van der Waals surface area contributed by atoms with E-state index in [2.05, 4.69) is 13.8 Å². The van der Waals surface area contributed by atoms with Crippen molar-refractivity contribution in [3.05, 3.63) is 60.7 Å². The normalized spacial score (nSPS) is 18.1. The first-order valence-corrected chi connectivity index (χ1v) is 9.11. The lowest BCUT2D eigenvalue weighted by Gasteiger charge is -2.36. The quantitative estimate of drug-likeness (QED) is 0.787. The van der Waals surface area contributed by atoms with Crippen LogP contribution in [0.15, 0.2) is 65.7 Å². The molecule has 1 unspecified atom stereocenters. The Morgan fingerprint density at radius 2 is 1.62 bits per heavy atom. The van der Waals surface area contributed by atoms with Crippen molar-refractivity contribution in [2.45, 2.75) is 26.3 Å². The van der Waals surface area contributed by atoms with Gasteiger partial charge in [0.2, 0.25) is 0 Å². The topological polar surface area (TPSA) is 35.9 Å². The summed E-state index contributed by atoms with van der Waals surface area (Å²) in [5.74, 6) is 0.571. The second-order valence-corrected chi connectivity index (χ2v) is 6.57. The third-order valence-electron chi connectivity index (χ3n) is 3.94. The number of carbonyl (C=O) groups excluding carboxylic acids is 1. The molecule has 0 spiro atoms. The fourth-order valence-electron chi connectivity index (χ4n) is 2.41. The molecular formula is C19H21N3OS. The van der Waals surface area contributed by atoms with E-state index >= 15 is 0 Å². The highest BCUT2D eigenvalue weighted by Gasteiger charge is 2.33. The maximum Gasteiger partial charge on any atom is 0.335 e. The van der Waals surface area contributed by atoms with Gasteiger partial charge in [0.05, 0.1) is 11.6 Å². The predicted molar refractivity (Wildman–Crippen MR) is 103 cm³/mol. The number of hydrogen-bond acceptors (Lipinski definition) is 3. The van der Waals surface area contributed by atoms with Crippen LogP contribution in [0.4, 0.5) is 16.2 Å². The lowest BCUT2D eigenvalue weighted by atomic mass is 10.2. The summed E-state index contributed by atoms with van der Waals surface area (Å²) in [5.41, 5.74) is 1.75. The molecular weight excluding hydrogens is 318 g/mol. The molecule has 0 saturated carbocycles. The number of hydrogen-bond donors (Lipinski definition) is 0. The number of benzene rings is 2. The van der Waals surface area contributed by atoms with E-state index in [0.717, 1.165) is 23.0 Å². The molecule has 1 aliphatic heterocycles. The minimum atomic E-state index is -0.0618. The maximum absolute atomic E-state index is 13.2. The molecule has 1 heterocycles. The molecule has 2 aromatic rings. The highest BCUT2D eigenvalue weighted by molar-refractivity contribution is 8.14. The monoisotopic (exact) mass is 339 g/mol. The highest BCUT2D eigenvalue weighted by atomic mass is 32.2. The van der Waals surface area contributed by atoms with Gasteiger partial charge in [0.25, 0.3) is 0 Å². The van der Waals surface area contributed by atoms with Crippen molar-refractivity contribution in [1.29, 1.82) is 0 Å². The zero-order chi connectivity index (χ0) is 16.9. The summed E-state index contributed by atoms with van der Waals surface area (Å²) in [6.07, 6.45) is 0.948. The second kappa shape index (κ2) is 7.53. The summed E-state index contributed by atoms with van der Waals surface area (Å²) in [4.78, 5) is 21.4. The molecule has 1 fully saturated rings. The molecule has 0 bridgehead atoms. The van der Waals surface area contributed by atoms with E-state index < -0.39 is 0 Å². The van der Waals surface area contributed by atoms with Gasteiger partial charge in [0, 0.05) is 11.7 Å². The van der Waals surface area contributed by atoms with Crippen LogP contribution in [0.1, 0.15) is 20.3 Å². The van der Waals surface area contributed by atoms with Gasteiger partial charge in [-0.05, 0) is 37.6 Å². The standard InChI is InChI=1S/C19H21N3OS/c1-3-15(2)20-18-22(17-12-8-5-9-13-17)19(23)21(14-24-18)16-10-6-4-7-11-16/h4-13,15H,3,14H2,1-2H3/b20-18-. The molecule has 2 amide bonds. The summed E-state index contributed by atoms with van der Waals surface area (Å²) < 4.78 is 0. The Labute approximate surface area is 147 Å². The molecule has 0 aliphatic carbocycles. The summed E-state index contributed by atoms with van der Waals surface area (Å²) in [6.45, 7) is 4.18. The number of amides is 2. The molecule has 5 heteroatoms. The SMILES string of the molecule is CCC(C)/N=C1\SCN(c2ccccc2)C(=O)N1c1ccccc1. The van der Waals surface area contributed by atoms with Gasteiger partial charge in [0.15, 0.2) is 5.17 Å². The summed E-state index contributed by atoms with van der Waals surface area (Å²) >= 11 is 1.60. The van der Waals surface area contributed by atoms with Crippen molar-refractivity contribution in [3.8, 4) is 0 Å². The Kier molecular flexibility index (Phi) is 5.20.